The van der Waals surface area contributed by atoms with Gasteiger partial charge in [0.15, 0.2) is 0 Å². The third-order valence-corrected chi connectivity index (χ3v) is 4.78. The van der Waals surface area contributed by atoms with E-state index in [1.807, 2.05) is 0 Å². The van der Waals surface area contributed by atoms with Gasteiger partial charge in [-0.3, -0.25) is 0 Å². The van der Waals surface area contributed by atoms with E-state index in [-0.39, 0.29) is 11.5 Å². The van der Waals surface area contributed by atoms with Gasteiger partial charge in [0, 0.05) is 22.9 Å². The predicted octanol–water partition coefficient (Wildman–Crippen LogP) is 4.91. The Kier molecular flexibility index (Phi) is 3.52. The fraction of sp³-hybridized carbons (Fsp3) is 0.800. The second kappa shape index (κ2) is 4.56. The molecule has 0 aliphatic heterocycles. The molecule has 0 saturated heterocycles. The van der Waals surface area contributed by atoms with Crippen molar-refractivity contribution in [1.82, 2.24) is 0 Å². The molecule has 2 unspecified atom stereocenters. The molecule has 0 aromatic heterocycles. The van der Waals surface area contributed by atoms with E-state index in [4.69, 9.17) is 16.3 Å². The fourth-order valence-corrected chi connectivity index (χ4v) is 3.02. The highest BCUT2D eigenvalue weighted by Crippen LogP contribution is 2.56. The van der Waals surface area contributed by atoms with Gasteiger partial charge in [-0.15, -0.1) is 0 Å². The molecule has 2 nitrogen and oxygen atoms in total. The summed E-state index contributed by atoms with van der Waals surface area (Å²) in [5.41, 5.74) is 1.38. The molecule has 2 rings (SSSR count). The van der Waals surface area contributed by atoms with Crippen LogP contribution in [0, 0.1) is 16.7 Å². The molecule has 0 aromatic rings. The van der Waals surface area contributed by atoms with Crippen molar-refractivity contribution in [3.63, 3.8) is 0 Å². The first kappa shape index (κ1) is 13.9. The summed E-state index contributed by atoms with van der Waals surface area (Å²) >= 11 is 5.30. The van der Waals surface area contributed by atoms with E-state index in [2.05, 4.69) is 33.8 Å². The number of carbonyl (C=O) groups is 1. The quantitative estimate of drug-likeness (QED) is 0.526. The second-order valence-electron chi connectivity index (χ2n) is 7.11. The summed E-state index contributed by atoms with van der Waals surface area (Å²) in [6.07, 6.45) is 7.17. The van der Waals surface area contributed by atoms with Gasteiger partial charge < -0.3 is 4.74 Å². The zero-order valence-corrected chi connectivity index (χ0v) is 12.5. The van der Waals surface area contributed by atoms with Gasteiger partial charge in [-0.1, -0.05) is 39.3 Å². The minimum Gasteiger partial charge on any atom is -0.449 e. The number of rotatable bonds is 2. The number of hydrogen-bond acceptors (Lipinski definition) is 2. The van der Waals surface area contributed by atoms with E-state index in [9.17, 15) is 4.79 Å². The first-order valence-electron chi connectivity index (χ1n) is 6.78. The molecule has 0 aromatic carbocycles. The van der Waals surface area contributed by atoms with Crippen LogP contribution in [0.1, 0.15) is 53.4 Å². The summed E-state index contributed by atoms with van der Waals surface area (Å²) in [5.74, 6) is 0.344. The molecule has 0 heterocycles. The van der Waals surface area contributed by atoms with E-state index in [1.54, 1.807) is 0 Å². The molecule has 0 bridgehead atoms. The topological polar surface area (TPSA) is 26.3 Å². The molecular weight excluding hydrogens is 248 g/mol. The van der Waals surface area contributed by atoms with Gasteiger partial charge in [-0.25, -0.2) is 4.79 Å². The van der Waals surface area contributed by atoms with Gasteiger partial charge in [-0.2, -0.15) is 0 Å². The van der Waals surface area contributed by atoms with Crippen LogP contribution in [-0.2, 0) is 4.74 Å². The van der Waals surface area contributed by atoms with Gasteiger partial charge in [0.25, 0.3) is 0 Å². The van der Waals surface area contributed by atoms with Crippen molar-refractivity contribution >= 4 is 17.0 Å². The SMILES string of the molecule is CC1(C)CCC(=CC2C(OC(=O)Cl)C2(C)C)CC1. The van der Waals surface area contributed by atoms with Gasteiger partial charge in [0.05, 0.1) is 0 Å². The molecular formula is C15H23ClO2. The zero-order valence-electron chi connectivity index (χ0n) is 11.8. The lowest BCUT2D eigenvalue weighted by Crippen LogP contribution is -2.16. The minimum atomic E-state index is -0.682. The van der Waals surface area contributed by atoms with Crippen LogP contribution in [0.4, 0.5) is 4.79 Å². The number of hydrogen-bond donors (Lipinski definition) is 0. The van der Waals surface area contributed by atoms with Crippen LogP contribution >= 0.6 is 11.6 Å². The van der Waals surface area contributed by atoms with Crippen LogP contribution in [0.15, 0.2) is 11.6 Å². The maximum Gasteiger partial charge on any atom is 0.404 e. The molecule has 0 radical (unpaired) electrons. The largest absolute Gasteiger partial charge is 0.449 e. The second-order valence-corrected chi connectivity index (χ2v) is 7.42. The molecule has 102 valence electrons. The first-order valence-corrected chi connectivity index (χ1v) is 7.16. The Morgan fingerprint density at radius 1 is 1.28 bits per heavy atom. The van der Waals surface area contributed by atoms with Crippen molar-refractivity contribution in [1.29, 1.82) is 0 Å². The predicted molar refractivity (Wildman–Crippen MR) is 73.7 cm³/mol. The third-order valence-electron chi connectivity index (χ3n) is 4.69. The van der Waals surface area contributed by atoms with E-state index in [1.165, 1.54) is 31.3 Å². The number of ether oxygens (including phenoxy) is 1. The van der Waals surface area contributed by atoms with Gasteiger partial charge in [0.2, 0.25) is 0 Å². The Hall–Kier alpha value is -0.500. The summed E-state index contributed by atoms with van der Waals surface area (Å²) in [6, 6.07) is 0. The molecule has 2 fully saturated rings. The monoisotopic (exact) mass is 270 g/mol. The van der Waals surface area contributed by atoms with E-state index < -0.39 is 5.43 Å². The Balaban J connectivity index is 1.96. The maximum absolute atomic E-state index is 10.8. The third kappa shape index (κ3) is 2.90. The molecule has 0 N–H and O–H groups in total. The minimum absolute atomic E-state index is 0.0371. The standard InChI is InChI=1S/C15H23ClO2/c1-14(2)7-5-10(6-8-14)9-11-12(15(11,3)4)18-13(16)17/h9,11-12H,5-8H2,1-4H3. The van der Waals surface area contributed by atoms with Crippen LogP contribution in [0.25, 0.3) is 0 Å². The van der Waals surface area contributed by atoms with Crippen molar-refractivity contribution in [3.8, 4) is 0 Å². The van der Waals surface area contributed by atoms with E-state index in [0.717, 1.165) is 0 Å². The molecule has 2 aliphatic carbocycles. The summed E-state index contributed by atoms with van der Waals surface area (Å²) in [6.45, 7) is 8.93. The van der Waals surface area contributed by atoms with Crippen molar-refractivity contribution in [2.45, 2.75) is 59.5 Å². The van der Waals surface area contributed by atoms with Crippen LogP contribution in [0.3, 0.4) is 0 Å². The van der Waals surface area contributed by atoms with Gasteiger partial charge >= 0.3 is 5.43 Å². The van der Waals surface area contributed by atoms with Crippen molar-refractivity contribution in [3.05, 3.63) is 11.6 Å². The molecule has 3 heteroatoms. The lowest BCUT2D eigenvalue weighted by molar-refractivity contribution is 0.150. The molecule has 2 atom stereocenters. The Bertz CT molecular complexity index is 370. The van der Waals surface area contributed by atoms with E-state index in [0.29, 0.717) is 11.3 Å². The number of allylic oxidation sites excluding steroid dienone is 1. The number of halogens is 1. The lowest BCUT2D eigenvalue weighted by Gasteiger charge is -2.30. The summed E-state index contributed by atoms with van der Waals surface area (Å²) < 4.78 is 5.15. The molecule has 0 amide bonds. The summed E-state index contributed by atoms with van der Waals surface area (Å²) in [4.78, 5) is 10.8. The fourth-order valence-electron chi connectivity index (χ4n) is 2.92. The van der Waals surface area contributed by atoms with Crippen LogP contribution in [0.5, 0.6) is 0 Å². The van der Waals surface area contributed by atoms with Crippen LogP contribution in [-0.4, -0.2) is 11.5 Å². The highest BCUT2D eigenvalue weighted by atomic mass is 35.5. The van der Waals surface area contributed by atoms with Gasteiger partial charge in [0.1, 0.15) is 6.10 Å². The molecule has 18 heavy (non-hydrogen) atoms. The molecule has 2 aliphatic rings. The number of carbonyl (C=O) groups excluding carboxylic acids is 1. The highest BCUT2D eigenvalue weighted by Gasteiger charge is 2.59. The Labute approximate surface area is 115 Å². The van der Waals surface area contributed by atoms with Crippen molar-refractivity contribution in [2.75, 3.05) is 0 Å². The molecule has 0 spiro atoms. The van der Waals surface area contributed by atoms with Crippen molar-refractivity contribution in [2.24, 2.45) is 16.7 Å². The Morgan fingerprint density at radius 3 is 2.33 bits per heavy atom. The first-order chi connectivity index (χ1) is 8.22. The zero-order chi connectivity index (χ0) is 13.6. The average molecular weight is 271 g/mol. The summed E-state index contributed by atoms with van der Waals surface area (Å²) in [7, 11) is 0. The maximum atomic E-state index is 10.8. The summed E-state index contributed by atoms with van der Waals surface area (Å²) in [5, 5.41) is 0. The van der Waals surface area contributed by atoms with Gasteiger partial charge in [-0.05, 0) is 31.1 Å². The average Bonchev–Trinajstić information content (AvgIpc) is 2.72. The highest BCUT2D eigenvalue weighted by molar-refractivity contribution is 6.61. The lowest BCUT2D eigenvalue weighted by atomic mass is 9.75. The smallest absolute Gasteiger partial charge is 0.404 e. The van der Waals surface area contributed by atoms with Crippen LogP contribution in [0.2, 0.25) is 0 Å². The van der Waals surface area contributed by atoms with E-state index >= 15 is 0 Å². The molecule has 2 saturated carbocycles. The normalized spacial score (nSPS) is 32.8. The van der Waals surface area contributed by atoms with Crippen molar-refractivity contribution < 1.29 is 9.53 Å². The van der Waals surface area contributed by atoms with Crippen LogP contribution < -0.4 is 0 Å². The Morgan fingerprint density at radius 2 is 1.83 bits per heavy atom.